The van der Waals surface area contributed by atoms with Gasteiger partial charge in [0.2, 0.25) is 11.8 Å². The number of aromatic nitrogens is 1. The zero-order valence-corrected chi connectivity index (χ0v) is 25.8. The number of nitrogen functional groups attached to an aromatic ring is 1. The molecule has 3 aliphatic rings. The first-order valence-corrected chi connectivity index (χ1v) is 15.0. The van der Waals surface area contributed by atoms with Gasteiger partial charge in [0.05, 0.1) is 23.6 Å². The highest BCUT2D eigenvalue weighted by atomic mass is 16.5. The SMILES string of the molecule is Cc1ccc(N)c(C=N)c1N1CCc2c(nc(OC[C@@H]3CCCN3C)c(C#N)c2N2CCN(C(=O)/C=C/N(C)C)CC2)C1. The van der Waals surface area contributed by atoms with Crippen molar-refractivity contribution in [1.82, 2.24) is 19.7 Å². The average Bonchev–Trinajstić information content (AvgIpc) is 3.42. The summed E-state index contributed by atoms with van der Waals surface area (Å²) in [7, 11) is 5.89. The minimum atomic E-state index is -0.00883. The number of nitrogens with two attached hydrogens (primary N) is 1. The number of carbonyl (C=O) groups excluding carboxylic acids is 1. The molecular formula is C32H43N9O2. The zero-order valence-electron chi connectivity index (χ0n) is 25.8. The molecule has 2 aromatic rings. The van der Waals surface area contributed by atoms with Crippen molar-refractivity contribution >= 4 is 29.2 Å². The predicted octanol–water partition coefficient (Wildman–Crippen LogP) is 2.60. The first kappa shape index (κ1) is 30.2. The summed E-state index contributed by atoms with van der Waals surface area (Å²) in [5.74, 6) is 0.368. The van der Waals surface area contributed by atoms with Crippen LogP contribution in [0.5, 0.6) is 5.88 Å². The summed E-state index contributed by atoms with van der Waals surface area (Å²) in [5.41, 5.74) is 12.8. The Bertz CT molecular complexity index is 1440. The fourth-order valence-corrected chi connectivity index (χ4v) is 6.42. The number of hydrogen-bond acceptors (Lipinski definition) is 10. The van der Waals surface area contributed by atoms with Gasteiger partial charge in [-0.3, -0.25) is 4.79 Å². The van der Waals surface area contributed by atoms with Crippen molar-refractivity contribution in [3.8, 4) is 11.9 Å². The zero-order chi connectivity index (χ0) is 30.7. The number of aryl methyl sites for hydroxylation is 1. The third kappa shape index (κ3) is 6.25. The molecule has 0 saturated carbocycles. The molecule has 0 bridgehead atoms. The standard InChI is InChI=1S/C32H43N9O2/c1-22-7-8-27(35)25(18-33)30(22)41-13-9-24-28(20-41)36-32(43-21-23-6-5-11-38(23)4)26(19-34)31(24)40-16-14-39(15-17-40)29(42)10-12-37(2)3/h7-8,10,12,18,23,33H,5-6,9,11,13-17,20-21,35H2,1-4H3/b12-10+,33-18?/t23-/m0/s1. The van der Waals surface area contributed by atoms with Gasteiger partial charge in [0.15, 0.2) is 0 Å². The molecule has 3 N–H and O–H groups in total. The van der Waals surface area contributed by atoms with Crippen LogP contribution in [-0.2, 0) is 17.8 Å². The smallest absolute Gasteiger partial charge is 0.248 e. The Morgan fingerprint density at radius 3 is 2.60 bits per heavy atom. The van der Waals surface area contributed by atoms with Crippen LogP contribution in [-0.4, -0.2) is 105 Å². The molecule has 0 aliphatic carbocycles. The lowest BCUT2D eigenvalue weighted by Crippen LogP contribution is -2.49. The van der Waals surface area contributed by atoms with E-state index < -0.39 is 0 Å². The largest absolute Gasteiger partial charge is 0.475 e. The van der Waals surface area contributed by atoms with Gasteiger partial charge in [0.25, 0.3) is 0 Å². The quantitative estimate of drug-likeness (QED) is 0.273. The molecule has 0 radical (unpaired) electrons. The summed E-state index contributed by atoms with van der Waals surface area (Å²) in [6.45, 7) is 7.16. The van der Waals surface area contributed by atoms with Gasteiger partial charge >= 0.3 is 0 Å². The first-order chi connectivity index (χ1) is 20.7. The van der Waals surface area contributed by atoms with Crippen molar-refractivity contribution in [2.24, 2.45) is 0 Å². The highest BCUT2D eigenvalue weighted by Crippen LogP contribution is 2.39. The molecule has 11 nitrogen and oxygen atoms in total. The van der Waals surface area contributed by atoms with Crippen LogP contribution in [0.25, 0.3) is 0 Å². The number of piperazine rings is 1. The van der Waals surface area contributed by atoms with Gasteiger partial charge < -0.3 is 40.4 Å². The number of hydrogen-bond donors (Lipinski definition) is 2. The molecule has 43 heavy (non-hydrogen) atoms. The summed E-state index contributed by atoms with van der Waals surface area (Å²) in [6.07, 6.45) is 7.58. The van der Waals surface area contributed by atoms with Crippen molar-refractivity contribution < 1.29 is 9.53 Å². The van der Waals surface area contributed by atoms with E-state index in [-0.39, 0.29) is 5.91 Å². The molecule has 1 aromatic carbocycles. The summed E-state index contributed by atoms with van der Waals surface area (Å²) in [4.78, 5) is 28.2. The van der Waals surface area contributed by atoms with Crippen LogP contribution in [0.1, 0.15) is 40.8 Å². The van der Waals surface area contributed by atoms with Gasteiger partial charge in [-0.15, -0.1) is 0 Å². The number of nitrogens with zero attached hydrogens (tertiary/aromatic N) is 7. The molecule has 3 aliphatic heterocycles. The first-order valence-electron chi connectivity index (χ1n) is 15.0. The minimum Gasteiger partial charge on any atom is -0.475 e. The van der Waals surface area contributed by atoms with Gasteiger partial charge in [0.1, 0.15) is 18.2 Å². The fourth-order valence-electron chi connectivity index (χ4n) is 6.42. The van der Waals surface area contributed by atoms with E-state index in [9.17, 15) is 10.1 Å². The van der Waals surface area contributed by atoms with Crippen molar-refractivity contribution in [3.05, 3.63) is 52.4 Å². The number of likely N-dealkylation sites (N-methyl/N-ethyl adjacent to an activating group) is 1. The number of pyridine rings is 1. The molecule has 2 saturated heterocycles. The summed E-state index contributed by atoms with van der Waals surface area (Å²) in [6, 6.07) is 6.57. The highest BCUT2D eigenvalue weighted by Gasteiger charge is 2.32. The van der Waals surface area contributed by atoms with Crippen molar-refractivity contribution in [3.63, 3.8) is 0 Å². The Kier molecular flexibility index (Phi) is 9.06. The maximum absolute atomic E-state index is 12.7. The van der Waals surface area contributed by atoms with Gasteiger partial charge in [0, 0.05) is 88.2 Å². The second kappa shape index (κ2) is 12.9. The Morgan fingerprint density at radius 2 is 1.95 bits per heavy atom. The topological polar surface area (TPSA) is 129 Å². The van der Waals surface area contributed by atoms with E-state index in [1.54, 1.807) is 12.3 Å². The summed E-state index contributed by atoms with van der Waals surface area (Å²) >= 11 is 0. The number of nitriles is 1. The Hall–Kier alpha value is -4.30. The number of fused-ring (bicyclic) bond motifs is 1. The predicted molar refractivity (Wildman–Crippen MR) is 170 cm³/mol. The maximum atomic E-state index is 12.7. The monoisotopic (exact) mass is 585 g/mol. The van der Waals surface area contributed by atoms with E-state index in [2.05, 4.69) is 27.8 Å². The van der Waals surface area contributed by atoms with Crippen LogP contribution >= 0.6 is 0 Å². The number of likely N-dealkylation sites (tertiary alicyclic amines) is 1. The molecule has 1 amide bonds. The summed E-state index contributed by atoms with van der Waals surface area (Å²) < 4.78 is 6.37. The minimum absolute atomic E-state index is 0.00883. The number of rotatable bonds is 8. The molecule has 1 atom stereocenters. The van der Waals surface area contributed by atoms with Crippen molar-refractivity contribution in [1.29, 1.82) is 10.7 Å². The van der Waals surface area contributed by atoms with E-state index in [1.165, 1.54) is 6.21 Å². The maximum Gasteiger partial charge on any atom is 0.248 e. The third-order valence-electron chi connectivity index (χ3n) is 8.83. The van der Waals surface area contributed by atoms with Gasteiger partial charge in [-0.1, -0.05) is 6.07 Å². The lowest BCUT2D eigenvalue weighted by molar-refractivity contribution is -0.126. The lowest BCUT2D eigenvalue weighted by atomic mass is 9.96. The molecule has 0 spiro atoms. The van der Waals surface area contributed by atoms with E-state index in [1.807, 2.05) is 43.0 Å². The van der Waals surface area contributed by atoms with Gasteiger partial charge in [-0.05, 0) is 51.4 Å². The molecule has 5 rings (SSSR count). The lowest BCUT2D eigenvalue weighted by Gasteiger charge is -2.39. The number of benzene rings is 1. The van der Waals surface area contributed by atoms with Crippen LogP contribution in [0.15, 0.2) is 24.4 Å². The molecule has 4 heterocycles. The number of carbonyl (C=O) groups is 1. The van der Waals surface area contributed by atoms with Crippen LogP contribution in [0.2, 0.25) is 0 Å². The molecular weight excluding hydrogens is 542 g/mol. The Labute approximate surface area is 254 Å². The molecule has 228 valence electrons. The van der Waals surface area contributed by atoms with Crippen molar-refractivity contribution in [2.75, 3.05) is 82.6 Å². The average molecular weight is 586 g/mol. The van der Waals surface area contributed by atoms with Crippen LogP contribution in [0.4, 0.5) is 17.1 Å². The van der Waals surface area contributed by atoms with Crippen molar-refractivity contribution in [2.45, 2.75) is 38.8 Å². The van der Waals surface area contributed by atoms with E-state index >= 15 is 0 Å². The number of anilines is 3. The van der Waals surface area contributed by atoms with E-state index in [4.69, 9.17) is 20.9 Å². The highest BCUT2D eigenvalue weighted by molar-refractivity contribution is 5.94. The van der Waals surface area contributed by atoms with Gasteiger partial charge in [-0.2, -0.15) is 5.26 Å². The third-order valence-corrected chi connectivity index (χ3v) is 8.83. The fraction of sp³-hybridized carbons (Fsp3) is 0.500. The second-order valence-electron chi connectivity index (χ2n) is 11.9. The van der Waals surface area contributed by atoms with E-state index in [0.29, 0.717) is 81.0 Å². The van der Waals surface area contributed by atoms with Crippen LogP contribution in [0.3, 0.4) is 0 Å². The molecule has 1 aromatic heterocycles. The normalized spacial score (nSPS) is 19.0. The second-order valence-corrected chi connectivity index (χ2v) is 11.9. The van der Waals surface area contributed by atoms with Crippen LogP contribution < -0.4 is 20.3 Å². The Balaban J connectivity index is 1.49. The summed E-state index contributed by atoms with van der Waals surface area (Å²) in [5, 5.41) is 18.5. The molecule has 0 unspecified atom stereocenters. The van der Waals surface area contributed by atoms with E-state index in [0.717, 1.165) is 47.6 Å². The molecule has 2 fully saturated rings. The van der Waals surface area contributed by atoms with Gasteiger partial charge in [-0.25, -0.2) is 4.98 Å². The number of amides is 1. The Morgan fingerprint density at radius 1 is 1.19 bits per heavy atom. The number of nitrogens with one attached hydrogen (secondary N) is 1. The molecule has 11 heteroatoms. The van der Waals surface area contributed by atoms with Crippen LogP contribution in [0, 0.1) is 23.7 Å². The number of ether oxygens (including phenoxy) is 1.